The Balaban J connectivity index is 3.51. The molecule has 0 fully saturated rings. The van der Waals surface area contributed by atoms with Gasteiger partial charge in [0, 0.05) is 6.07 Å². The molecule has 22 heavy (non-hydrogen) atoms. The fourth-order valence-corrected chi connectivity index (χ4v) is 1.46. The molecule has 0 aliphatic carbocycles. The second-order valence-electron chi connectivity index (χ2n) is 5.08. The van der Waals surface area contributed by atoms with E-state index in [1.54, 1.807) is 0 Å². The van der Waals surface area contributed by atoms with Crippen LogP contribution in [0.3, 0.4) is 0 Å². The van der Waals surface area contributed by atoms with E-state index in [-0.39, 0.29) is 4.90 Å². The van der Waals surface area contributed by atoms with E-state index < -0.39 is 45.7 Å². The highest BCUT2D eigenvalue weighted by atomic mass is 19.2. The normalized spacial score (nSPS) is 11.0. The lowest BCUT2D eigenvalue weighted by Crippen LogP contribution is -2.41. The Morgan fingerprint density at radius 2 is 1.86 bits per heavy atom. The van der Waals surface area contributed by atoms with Crippen molar-refractivity contribution in [2.24, 2.45) is 0 Å². The third-order valence-electron chi connectivity index (χ3n) is 2.24. The highest BCUT2D eigenvalue weighted by molar-refractivity contribution is 6.10. The number of nitro benzene ring substituents is 1. The van der Waals surface area contributed by atoms with Gasteiger partial charge < -0.3 is 9.84 Å². The zero-order valence-corrected chi connectivity index (χ0v) is 11.8. The Kier molecular flexibility index (Phi) is 4.64. The third-order valence-corrected chi connectivity index (χ3v) is 2.24. The van der Waals surface area contributed by atoms with Gasteiger partial charge in [-0.2, -0.15) is 4.90 Å². The summed E-state index contributed by atoms with van der Waals surface area (Å²) in [5, 5.41) is 19.9. The number of ether oxygens (including phenoxy) is 1. The molecule has 1 rings (SSSR count). The van der Waals surface area contributed by atoms with Crippen LogP contribution in [0, 0.1) is 21.7 Å². The van der Waals surface area contributed by atoms with Gasteiger partial charge in [-0.05, 0) is 26.8 Å². The molecule has 8 nitrogen and oxygen atoms in total. The number of rotatable bonds is 2. The topological polar surface area (TPSA) is 110 Å². The van der Waals surface area contributed by atoms with Crippen molar-refractivity contribution in [1.29, 1.82) is 0 Å². The monoisotopic (exact) mass is 318 g/mol. The lowest BCUT2D eigenvalue weighted by atomic mass is 10.2. The lowest BCUT2D eigenvalue weighted by Gasteiger charge is -2.24. The maximum Gasteiger partial charge on any atom is 0.424 e. The Bertz CT molecular complexity index is 641. The lowest BCUT2D eigenvalue weighted by molar-refractivity contribution is -0.384. The summed E-state index contributed by atoms with van der Waals surface area (Å²) in [6.07, 6.45) is -3.64. The largest absolute Gasteiger partial charge is 0.464 e. The van der Waals surface area contributed by atoms with E-state index in [9.17, 15) is 28.5 Å². The van der Waals surface area contributed by atoms with Crippen LogP contribution in [0.2, 0.25) is 0 Å². The molecule has 0 aliphatic heterocycles. The number of imide groups is 1. The molecule has 0 aliphatic rings. The van der Waals surface area contributed by atoms with E-state index in [0.29, 0.717) is 12.1 Å². The molecule has 0 aromatic heterocycles. The van der Waals surface area contributed by atoms with Gasteiger partial charge in [-0.3, -0.25) is 10.1 Å². The predicted molar refractivity (Wildman–Crippen MR) is 69.8 cm³/mol. The van der Waals surface area contributed by atoms with Gasteiger partial charge in [0.15, 0.2) is 17.3 Å². The summed E-state index contributed by atoms with van der Waals surface area (Å²) < 4.78 is 31.9. The molecule has 1 aromatic carbocycles. The SMILES string of the molecule is CC(C)(C)OC(=O)N(C(=O)O)c1c([N+](=O)[O-])ccc(F)c1F. The van der Waals surface area contributed by atoms with Crippen molar-refractivity contribution in [3.63, 3.8) is 0 Å². The predicted octanol–water partition coefficient (Wildman–Crippen LogP) is 3.29. The van der Waals surface area contributed by atoms with E-state index in [1.165, 1.54) is 20.8 Å². The second-order valence-corrected chi connectivity index (χ2v) is 5.08. The minimum Gasteiger partial charge on any atom is -0.464 e. The number of amides is 2. The average Bonchev–Trinajstić information content (AvgIpc) is 2.31. The highest BCUT2D eigenvalue weighted by Gasteiger charge is 2.37. The molecule has 120 valence electrons. The van der Waals surface area contributed by atoms with Gasteiger partial charge in [0.2, 0.25) is 0 Å². The number of nitro groups is 1. The average molecular weight is 318 g/mol. The Morgan fingerprint density at radius 1 is 1.32 bits per heavy atom. The van der Waals surface area contributed by atoms with Gasteiger partial charge in [0.1, 0.15) is 5.60 Å². The minimum atomic E-state index is -2.05. The molecule has 2 amide bonds. The van der Waals surface area contributed by atoms with Gasteiger partial charge in [-0.15, -0.1) is 0 Å². The van der Waals surface area contributed by atoms with Gasteiger partial charge in [-0.1, -0.05) is 0 Å². The Hall–Kier alpha value is -2.78. The van der Waals surface area contributed by atoms with E-state index in [4.69, 9.17) is 9.84 Å². The number of anilines is 1. The van der Waals surface area contributed by atoms with Crippen molar-refractivity contribution in [2.75, 3.05) is 4.90 Å². The highest BCUT2D eigenvalue weighted by Crippen LogP contribution is 2.33. The molecule has 0 atom stereocenters. The first-order valence-electron chi connectivity index (χ1n) is 5.84. The molecule has 0 unspecified atom stereocenters. The molecule has 1 aromatic rings. The molecule has 0 spiro atoms. The van der Waals surface area contributed by atoms with Crippen LogP contribution in [0.4, 0.5) is 29.7 Å². The fraction of sp³-hybridized carbons (Fsp3) is 0.333. The summed E-state index contributed by atoms with van der Waals surface area (Å²) in [6, 6.07) is 1.00. The van der Waals surface area contributed by atoms with E-state index in [0.717, 1.165) is 0 Å². The van der Waals surface area contributed by atoms with Crippen LogP contribution in [0.1, 0.15) is 20.8 Å². The van der Waals surface area contributed by atoms with Crippen LogP contribution in [-0.4, -0.2) is 27.8 Å². The standard InChI is InChI=1S/C12H12F2N2O6/c1-12(2,3)22-11(19)15(10(17)18)9-7(16(20)21)5-4-6(13)8(9)14/h4-5H,1-3H3,(H,17,18). The number of benzene rings is 1. The van der Waals surface area contributed by atoms with Gasteiger partial charge in [0.05, 0.1) is 4.92 Å². The van der Waals surface area contributed by atoms with E-state index in [1.807, 2.05) is 0 Å². The molecular formula is C12H12F2N2O6. The Labute approximate surface area is 123 Å². The zero-order valence-electron chi connectivity index (χ0n) is 11.8. The molecule has 0 radical (unpaired) electrons. The molecule has 0 saturated heterocycles. The summed E-state index contributed by atoms with van der Waals surface area (Å²) in [5.74, 6) is -3.39. The first-order valence-corrected chi connectivity index (χ1v) is 5.84. The molecule has 10 heteroatoms. The van der Waals surface area contributed by atoms with Crippen molar-refractivity contribution in [2.45, 2.75) is 26.4 Å². The van der Waals surface area contributed by atoms with Crippen molar-refractivity contribution in [3.05, 3.63) is 33.9 Å². The quantitative estimate of drug-likeness (QED) is 0.661. The van der Waals surface area contributed by atoms with Crippen LogP contribution in [0.15, 0.2) is 12.1 Å². The summed E-state index contributed by atoms with van der Waals surface area (Å²) in [6.45, 7) is 4.21. The van der Waals surface area contributed by atoms with Gasteiger partial charge in [0.25, 0.3) is 5.69 Å². The molecule has 1 N–H and O–H groups in total. The molecular weight excluding hydrogens is 306 g/mol. The molecule has 0 saturated carbocycles. The van der Waals surface area contributed by atoms with Gasteiger partial charge >= 0.3 is 12.2 Å². The fourth-order valence-electron chi connectivity index (χ4n) is 1.46. The van der Waals surface area contributed by atoms with Gasteiger partial charge in [-0.25, -0.2) is 18.4 Å². The first kappa shape index (κ1) is 17.3. The number of halogens is 2. The number of carbonyl (C=O) groups excluding carboxylic acids is 1. The van der Waals surface area contributed by atoms with E-state index >= 15 is 0 Å². The maximum atomic E-state index is 13.8. The van der Waals surface area contributed by atoms with Crippen LogP contribution in [-0.2, 0) is 4.74 Å². The van der Waals surface area contributed by atoms with Crippen molar-refractivity contribution >= 4 is 23.6 Å². The van der Waals surface area contributed by atoms with Crippen molar-refractivity contribution < 1.29 is 33.1 Å². The second kappa shape index (κ2) is 5.92. The smallest absolute Gasteiger partial charge is 0.424 e. The maximum absolute atomic E-state index is 13.8. The zero-order chi connectivity index (χ0) is 17.2. The Morgan fingerprint density at radius 3 is 2.27 bits per heavy atom. The molecule has 0 heterocycles. The van der Waals surface area contributed by atoms with Crippen LogP contribution < -0.4 is 4.90 Å². The van der Waals surface area contributed by atoms with Crippen molar-refractivity contribution in [3.8, 4) is 0 Å². The van der Waals surface area contributed by atoms with Crippen LogP contribution >= 0.6 is 0 Å². The summed E-state index contributed by atoms with van der Waals surface area (Å²) in [4.78, 5) is 32.4. The summed E-state index contributed by atoms with van der Waals surface area (Å²) >= 11 is 0. The summed E-state index contributed by atoms with van der Waals surface area (Å²) in [7, 11) is 0. The number of carboxylic acid groups (broad SMARTS) is 1. The van der Waals surface area contributed by atoms with Crippen LogP contribution in [0.25, 0.3) is 0 Å². The number of carbonyl (C=O) groups is 2. The third kappa shape index (κ3) is 3.65. The van der Waals surface area contributed by atoms with E-state index in [2.05, 4.69) is 0 Å². The molecule has 0 bridgehead atoms. The van der Waals surface area contributed by atoms with Crippen molar-refractivity contribution in [1.82, 2.24) is 0 Å². The number of hydrogen-bond donors (Lipinski definition) is 1. The first-order chi connectivity index (χ1) is 9.95. The number of nitrogens with zero attached hydrogens (tertiary/aromatic N) is 2. The number of hydrogen-bond acceptors (Lipinski definition) is 5. The van der Waals surface area contributed by atoms with Crippen LogP contribution in [0.5, 0.6) is 0 Å². The summed E-state index contributed by atoms with van der Waals surface area (Å²) in [5.41, 5.74) is -3.58. The minimum absolute atomic E-state index is 0.345.